The number of fused-ring (bicyclic) bond motifs is 1. The van der Waals surface area contributed by atoms with E-state index in [1.54, 1.807) is 17.5 Å². The summed E-state index contributed by atoms with van der Waals surface area (Å²) in [6.07, 6.45) is 2.57. The molecule has 0 saturated carbocycles. The average molecular weight is 463 g/mol. The summed E-state index contributed by atoms with van der Waals surface area (Å²) in [6.45, 7) is 0.743. The van der Waals surface area contributed by atoms with E-state index in [-0.39, 0.29) is 12.5 Å². The highest BCUT2D eigenvalue weighted by atomic mass is 35.5. The molecule has 0 spiro atoms. The summed E-state index contributed by atoms with van der Waals surface area (Å²) >= 11 is 7.71. The molecule has 0 fully saturated rings. The zero-order chi connectivity index (χ0) is 21.9. The monoisotopic (exact) mass is 462 g/mol. The molecule has 1 aliphatic heterocycles. The van der Waals surface area contributed by atoms with E-state index in [4.69, 9.17) is 21.3 Å². The molecule has 5 rings (SSSR count). The highest BCUT2D eigenvalue weighted by Gasteiger charge is 2.18. The van der Waals surface area contributed by atoms with Crippen LogP contribution in [0.2, 0.25) is 5.02 Å². The number of pyridine rings is 1. The van der Waals surface area contributed by atoms with Crippen molar-refractivity contribution < 1.29 is 9.53 Å². The number of hydrogen-bond acceptors (Lipinski definition) is 5. The molecule has 8 heteroatoms. The van der Waals surface area contributed by atoms with Crippen molar-refractivity contribution in [2.45, 2.75) is 13.0 Å². The zero-order valence-electron chi connectivity index (χ0n) is 17.0. The fourth-order valence-electron chi connectivity index (χ4n) is 3.54. The summed E-state index contributed by atoms with van der Waals surface area (Å²) in [4.78, 5) is 21.9. The number of nitrogens with one attached hydrogen (secondary N) is 1. The van der Waals surface area contributed by atoms with Crippen molar-refractivity contribution in [3.05, 3.63) is 87.8 Å². The summed E-state index contributed by atoms with van der Waals surface area (Å²) in [5.41, 5.74) is 4.46. The molecule has 0 bridgehead atoms. The number of carbonyl (C=O) groups excluding carboxylic acids is 1. The molecule has 1 N–H and O–H groups in total. The SMILES string of the molecule is O=C1COc2ccc(-c3csc(=Nc4cccc(Cl)c4)n3CCc3ccccn3)cc2N1. The molecule has 1 aliphatic rings. The lowest BCUT2D eigenvalue weighted by Crippen LogP contribution is -2.25. The number of benzene rings is 2. The van der Waals surface area contributed by atoms with Crippen molar-refractivity contribution in [2.75, 3.05) is 11.9 Å². The van der Waals surface area contributed by atoms with Gasteiger partial charge in [-0.25, -0.2) is 4.99 Å². The minimum atomic E-state index is -0.153. The van der Waals surface area contributed by atoms with Crippen LogP contribution in [0.4, 0.5) is 11.4 Å². The summed E-state index contributed by atoms with van der Waals surface area (Å²) < 4.78 is 7.68. The van der Waals surface area contributed by atoms with Gasteiger partial charge in [-0.1, -0.05) is 23.7 Å². The van der Waals surface area contributed by atoms with E-state index in [9.17, 15) is 4.79 Å². The van der Waals surface area contributed by atoms with Gasteiger partial charge in [0, 0.05) is 40.8 Å². The number of hydrogen-bond donors (Lipinski definition) is 1. The third kappa shape index (κ3) is 4.44. The summed E-state index contributed by atoms with van der Waals surface area (Å²) in [7, 11) is 0. The molecule has 160 valence electrons. The maximum atomic E-state index is 11.8. The van der Waals surface area contributed by atoms with Crippen molar-refractivity contribution >= 4 is 40.2 Å². The van der Waals surface area contributed by atoms with Crippen molar-refractivity contribution in [3.63, 3.8) is 0 Å². The molecule has 1 amide bonds. The molecule has 0 atom stereocenters. The molecule has 2 aromatic heterocycles. The van der Waals surface area contributed by atoms with Crippen LogP contribution in [0.5, 0.6) is 5.75 Å². The molecule has 0 saturated heterocycles. The Morgan fingerprint density at radius 1 is 1.16 bits per heavy atom. The maximum absolute atomic E-state index is 11.8. The standard InChI is InChI=1S/C24H19ClN4O2S/c25-17-4-3-6-19(13-17)27-24-29(11-9-18-5-1-2-10-26-18)21(15-32-24)16-7-8-22-20(12-16)28-23(30)14-31-22/h1-8,10,12-13,15H,9,11,14H2,(H,28,30). The molecule has 4 aromatic rings. The minimum absolute atomic E-state index is 0.0392. The first-order valence-corrected chi connectivity index (χ1v) is 11.4. The number of ether oxygens (including phenoxy) is 1. The van der Waals surface area contributed by atoms with Crippen LogP contribution in [-0.4, -0.2) is 22.1 Å². The Bertz CT molecular complexity index is 1350. The molecule has 0 radical (unpaired) electrons. The van der Waals surface area contributed by atoms with E-state index in [1.807, 2.05) is 60.7 Å². The maximum Gasteiger partial charge on any atom is 0.262 e. The zero-order valence-corrected chi connectivity index (χ0v) is 18.6. The smallest absolute Gasteiger partial charge is 0.262 e. The van der Waals surface area contributed by atoms with Gasteiger partial charge in [0.25, 0.3) is 5.91 Å². The summed E-state index contributed by atoms with van der Waals surface area (Å²) in [5.74, 6) is 0.520. The predicted molar refractivity (Wildman–Crippen MR) is 126 cm³/mol. The van der Waals surface area contributed by atoms with E-state index >= 15 is 0 Å². The van der Waals surface area contributed by atoms with E-state index in [0.717, 1.165) is 33.9 Å². The molecule has 6 nitrogen and oxygen atoms in total. The first-order chi connectivity index (χ1) is 15.7. The summed E-state index contributed by atoms with van der Waals surface area (Å²) in [5, 5.41) is 5.61. The number of halogens is 1. The van der Waals surface area contributed by atoms with E-state index < -0.39 is 0 Å². The topological polar surface area (TPSA) is 68.5 Å². The van der Waals surface area contributed by atoms with Crippen LogP contribution < -0.4 is 14.9 Å². The van der Waals surface area contributed by atoms with Gasteiger partial charge in [-0.3, -0.25) is 9.78 Å². The van der Waals surface area contributed by atoms with Crippen molar-refractivity contribution in [2.24, 2.45) is 4.99 Å². The third-order valence-electron chi connectivity index (χ3n) is 5.06. The van der Waals surface area contributed by atoms with Crippen LogP contribution in [0.15, 0.2) is 77.2 Å². The Morgan fingerprint density at radius 3 is 2.94 bits per heavy atom. The Hall–Kier alpha value is -3.42. The van der Waals surface area contributed by atoms with Gasteiger partial charge in [0.15, 0.2) is 11.4 Å². The van der Waals surface area contributed by atoms with E-state index in [0.29, 0.717) is 23.0 Å². The quantitative estimate of drug-likeness (QED) is 0.450. The van der Waals surface area contributed by atoms with Crippen molar-refractivity contribution in [1.82, 2.24) is 9.55 Å². The lowest BCUT2D eigenvalue weighted by Gasteiger charge is -2.19. The number of anilines is 1. The average Bonchev–Trinajstić information content (AvgIpc) is 3.20. The Kier molecular flexibility index (Phi) is 5.75. The minimum Gasteiger partial charge on any atom is -0.482 e. The normalized spacial score (nSPS) is 13.4. The van der Waals surface area contributed by atoms with Gasteiger partial charge in [0.2, 0.25) is 0 Å². The number of amides is 1. The van der Waals surface area contributed by atoms with Gasteiger partial charge >= 0.3 is 0 Å². The molecule has 32 heavy (non-hydrogen) atoms. The van der Waals surface area contributed by atoms with Gasteiger partial charge in [0.05, 0.1) is 17.1 Å². The predicted octanol–water partition coefficient (Wildman–Crippen LogP) is 5.07. The molecule has 0 aliphatic carbocycles. The number of carbonyl (C=O) groups is 1. The van der Waals surface area contributed by atoms with Crippen LogP contribution in [0.1, 0.15) is 5.69 Å². The fraction of sp³-hybridized carbons (Fsp3) is 0.125. The van der Waals surface area contributed by atoms with Gasteiger partial charge in [0.1, 0.15) is 5.75 Å². The number of aryl methyl sites for hydroxylation is 1. The van der Waals surface area contributed by atoms with Crippen molar-refractivity contribution in [3.8, 4) is 17.0 Å². The van der Waals surface area contributed by atoms with Crippen molar-refractivity contribution in [1.29, 1.82) is 0 Å². The number of aromatic nitrogens is 2. The Balaban J connectivity index is 1.57. The second kappa shape index (κ2) is 8.98. The first-order valence-electron chi connectivity index (χ1n) is 10.1. The lowest BCUT2D eigenvalue weighted by atomic mass is 10.1. The van der Waals surface area contributed by atoms with Crippen LogP contribution in [0, 0.1) is 0 Å². The van der Waals surface area contributed by atoms with Crippen LogP contribution in [0.25, 0.3) is 11.3 Å². The number of rotatable bonds is 5. The molecule has 0 unspecified atom stereocenters. The third-order valence-corrected chi connectivity index (χ3v) is 6.16. The lowest BCUT2D eigenvalue weighted by molar-refractivity contribution is -0.118. The van der Waals surface area contributed by atoms with Crippen LogP contribution in [0.3, 0.4) is 0 Å². The Morgan fingerprint density at radius 2 is 2.09 bits per heavy atom. The molecule has 3 heterocycles. The Labute approximate surface area is 193 Å². The van der Waals surface area contributed by atoms with Gasteiger partial charge in [-0.2, -0.15) is 0 Å². The van der Waals surface area contributed by atoms with Gasteiger partial charge in [-0.05, 0) is 48.5 Å². The number of nitrogens with zero attached hydrogens (tertiary/aromatic N) is 3. The highest BCUT2D eigenvalue weighted by Crippen LogP contribution is 2.33. The van der Waals surface area contributed by atoms with Gasteiger partial charge in [-0.15, -0.1) is 11.3 Å². The van der Waals surface area contributed by atoms with E-state index in [2.05, 4.69) is 20.2 Å². The molecular formula is C24H19ClN4O2S. The second-order valence-corrected chi connectivity index (χ2v) is 8.54. The molecular weight excluding hydrogens is 444 g/mol. The first kappa shape index (κ1) is 20.5. The highest BCUT2D eigenvalue weighted by molar-refractivity contribution is 7.07. The second-order valence-electron chi connectivity index (χ2n) is 7.27. The number of thiazole rings is 1. The van der Waals surface area contributed by atoms with Crippen LogP contribution >= 0.6 is 22.9 Å². The molecule has 2 aromatic carbocycles. The fourth-order valence-corrected chi connectivity index (χ4v) is 4.68. The van der Waals surface area contributed by atoms with E-state index in [1.165, 1.54) is 0 Å². The van der Waals surface area contributed by atoms with Crippen LogP contribution in [-0.2, 0) is 17.8 Å². The summed E-state index contributed by atoms with van der Waals surface area (Å²) in [6, 6.07) is 19.2. The largest absolute Gasteiger partial charge is 0.482 e. The van der Waals surface area contributed by atoms with Gasteiger partial charge < -0.3 is 14.6 Å².